The van der Waals surface area contributed by atoms with Crippen molar-refractivity contribution < 1.29 is 14.3 Å². The first-order chi connectivity index (χ1) is 13.6. The van der Waals surface area contributed by atoms with Crippen LogP contribution >= 0.6 is 11.6 Å². The number of carbonyl (C=O) groups excluding carboxylic acids is 1. The predicted octanol–water partition coefficient (Wildman–Crippen LogP) is 5.23. The monoisotopic (exact) mass is 415 g/mol. The minimum absolute atomic E-state index is 0.370. The zero-order chi connectivity index (χ0) is 21.2. The zero-order valence-electron chi connectivity index (χ0n) is 17.1. The lowest BCUT2D eigenvalue weighted by molar-refractivity contribution is 0.0216. The molecule has 1 amide bonds. The number of nitrogens with zero attached hydrogens (tertiary/aromatic N) is 1. The third-order valence-electron chi connectivity index (χ3n) is 4.27. The van der Waals surface area contributed by atoms with Crippen LogP contribution in [0.15, 0.2) is 54.0 Å². The first-order valence-electron chi connectivity index (χ1n) is 9.37. The SMILES string of the molecule is CC1=C(N)Nc2cc(CN(Cc3ccc(Cl)cc3)C(=O)OC(C)(C)C)ccc2O1. The Hall–Kier alpha value is -2.86. The summed E-state index contributed by atoms with van der Waals surface area (Å²) in [5.74, 6) is 1.80. The molecular weight excluding hydrogens is 390 g/mol. The van der Waals surface area contributed by atoms with Gasteiger partial charge in [0.25, 0.3) is 0 Å². The van der Waals surface area contributed by atoms with Gasteiger partial charge in [0.1, 0.15) is 17.2 Å². The number of ether oxygens (including phenoxy) is 2. The van der Waals surface area contributed by atoms with E-state index in [1.54, 1.807) is 11.8 Å². The maximum atomic E-state index is 12.8. The van der Waals surface area contributed by atoms with Crippen molar-refractivity contribution in [2.24, 2.45) is 5.73 Å². The summed E-state index contributed by atoms with van der Waals surface area (Å²) in [4.78, 5) is 14.5. The van der Waals surface area contributed by atoms with Crippen molar-refractivity contribution >= 4 is 23.4 Å². The van der Waals surface area contributed by atoms with Gasteiger partial charge in [-0.25, -0.2) is 4.79 Å². The molecule has 154 valence electrons. The smallest absolute Gasteiger partial charge is 0.410 e. The van der Waals surface area contributed by atoms with Crippen LogP contribution in [0.1, 0.15) is 38.8 Å². The summed E-state index contributed by atoms with van der Waals surface area (Å²) in [5.41, 5.74) is 7.99. The Balaban J connectivity index is 1.82. The van der Waals surface area contributed by atoms with E-state index in [0.29, 0.717) is 35.4 Å². The topological polar surface area (TPSA) is 76.8 Å². The molecule has 0 radical (unpaired) electrons. The molecule has 0 saturated carbocycles. The molecular formula is C22H26ClN3O3. The molecule has 2 aromatic carbocycles. The van der Waals surface area contributed by atoms with Crippen LogP contribution in [0, 0.1) is 0 Å². The molecule has 1 aliphatic rings. The standard InChI is InChI=1S/C22H26ClN3O3/c1-14-20(24)25-18-11-16(7-10-19(18)28-14)13-26(21(27)29-22(2,3)4)12-15-5-8-17(23)9-6-15/h5-11,25H,12-13,24H2,1-4H3. The van der Waals surface area contributed by atoms with Crippen molar-refractivity contribution in [2.75, 3.05) is 5.32 Å². The summed E-state index contributed by atoms with van der Waals surface area (Å²) in [7, 11) is 0. The molecule has 7 heteroatoms. The number of amides is 1. The van der Waals surface area contributed by atoms with Crippen LogP contribution in [-0.2, 0) is 17.8 Å². The average Bonchev–Trinajstić information content (AvgIpc) is 2.62. The number of hydrogen-bond donors (Lipinski definition) is 2. The van der Waals surface area contributed by atoms with E-state index in [1.807, 2.05) is 63.2 Å². The molecule has 0 spiro atoms. The number of benzene rings is 2. The molecule has 3 N–H and O–H groups in total. The lowest BCUT2D eigenvalue weighted by Gasteiger charge is -2.28. The number of hydrogen-bond acceptors (Lipinski definition) is 5. The van der Waals surface area contributed by atoms with Crippen molar-refractivity contribution in [3.63, 3.8) is 0 Å². The second-order valence-electron chi connectivity index (χ2n) is 7.99. The number of nitrogens with two attached hydrogens (primary N) is 1. The predicted molar refractivity (Wildman–Crippen MR) is 115 cm³/mol. The molecule has 1 aliphatic heterocycles. The van der Waals surface area contributed by atoms with E-state index in [0.717, 1.165) is 16.8 Å². The van der Waals surface area contributed by atoms with Crippen molar-refractivity contribution in [1.29, 1.82) is 0 Å². The first-order valence-corrected chi connectivity index (χ1v) is 9.75. The fraction of sp³-hybridized carbons (Fsp3) is 0.318. The molecule has 0 aromatic heterocycles. The van der Waals surface area contributed by atoms with Gasteiger partial charge in [-0.05, 0) is 63.1 Å². The summed E-state index contributed by atoms with van der Waals surface area (Å²) >= 11 is 5.98. The molecule has 0 atom stereocenters. The third kappa shape index (κ3) is 5.57. The number of allylic oxidation sites excluding steroid dienone is 1. The van der Waals surface area contributed by atoms with E-state index in [2.05, 4.69) is 5.32 Å². The largest absolute Gasteiger partial charge is 0.456 e. The fourth-order valence-electron chi connectivity index (χ4n) is 2.86. The van der Waals surface area contributed by atoms with Crippen molar-refractivity contribution in [1.82, 2.24) is 4.90 Å². The molecule has 0 saturated heterocycles. The fourth-order valence-corrected chi connectivity index (χ4v) is 2.98. The van der Waals surface area contributed by atoms with Crippen LogP contribution in [0.2, 0.25) is 5.02 Å². The Kier molecular flexibility index (Phi) is 5.94. The number of carbonyl (C=O) groups is 1. The van der Waals surface area contributed by atoms with Crippen molar-refractivity contribution in [2.45, 2.75) is 46.4 Å². The van der Waals surface area contributed by atoms with Crippen molar-refractivity contribution in [3.8, 4) is 5.75 Å². The first kappa shape index (κ1) is 20.9. The molecule has 0 bridgehead atoms. The van der Waals surface area contributed by atoms with Gasteiger partial charge in [0.05, 0.1) is 5.69 Å². The van der Waals surface area contributed by atoms with E-state index in [-0.39, 0.29) is 6.09 Å². The number of halogens is 1. The van der Waals surface area contributed by atoms with Crippen LogP contribution in [0.3, 0.4) is 0 Å². The van der Waals surface area contributed by atoms with E-state index >= 15 is 0 Å². The maximum Gasteiger partial charge on any atom is 0.410 e. The summed E-state index contributed by atoms with van der Waals surface area (Å²) in [5, 5.41) is 3.78. The van der Waals surface area contributed by atoms with Crippen molar-refractivity contribution in [3.05, 3.63) is 70.2 Å². The second-order valence-corrected chi connectivity index (χ2v) is 8.43. The average molecular weight is 416 g/mol. The highest BCUT2D eigenvalue weighted by atomic mass is 35.5. The Bertz CT molecular complexity index is 933. The number of fused-ring (bicyclic) bond motifs is 1. The lowest BCUT2D eigenvalue weighted by Crippen LogP contribution is -2.36. The summed E-state index contributed by atoms with van der Waals surface area (Å²) < 4.78 is 11.3. The quantitative estimate of drug-likeness (QED) is 0.715. The van der Waals surface area contributed by atoms with Gasteiger partial charge >= 0.3 is 6.09 Å². The number of nitrogens with one attached hydrogen (secondary N) is 1. The van der Waals surface area contributed by atoms with Crippen LogP contribution in [0.5, 0.6) is 5.75 Å². The Morgan fingerprint density at radius 2 is 1.76 bits per heavy atom. The second kappa shape index (κ2) is 8.25. The Morgan fingerprint density at radius 3 is 2.41 bits per heavy atom. The van der Waals surface area contributed by atoms with Gasteiger partial charge in [0.2, 0.25) is 0 Å². The van der Waals surface area contributed by atoms with Crippen LogP contribution < -0.4 is 15.8 Å². The van der Waals surface area contributed by atoms with Gasteiger partial charge in [-0.15, -0.1) is 0 Å². The van der Waals surface area contributed by atoms with Crippen LogP contribution in [-0.4, -0.2) is 16.6 Å². The molecule has 0 unspecified atom stereocenters. The molecule has 2 aromatic rings. The maximum absolute atomic E-state index is 12.8. The molecule has 0 aliphatic carbocycles. The van der Waals surface area contributed by atoms with Crippen LogP contribution in [0.25, 0.3) is 0 Å². The van der Waals surface area contributed by atoms with Gasteiger partial charge in [-0.1, -0.05) is 29.8 Å². The van der Waals surface area contributed by atoms with E-state index in [9.17, 15) is 4.79 Å². The van der Waals surface area contributed by atoms with Gasteiger partial charge in [0.15, 0.2) is 5.75 Å². The highest BCUT2D eigenvalue weighted by Gasteiger charge is 2.23. The van der Waals surface area contributed by atoms with E-state index in [1.165, 1.54) is 0 Å². The Labute approximate surface area is 176 Å². The number of rotatable bonds is 4. The van der Waals surface area contributed by atoms with Gasteiger partial charge in [-0.2, -0.15) is 0 Å². The van der Waals surface area contributed by atoms with Gasteiger partial charge < -0.3 is 20.5 Å². The normalized spacial score (nSPS) is 13.3. The molecule has 29 heavy (non-hydrogen) atoms. The summed E-state index contributed by atoms with van der Waals surface area (Å²) in [6.07, 6.45) is -0.385. The zero-order valence-corrected chi connectivity index (χ0v) is 17.8. The molecule has 3 rings (SSSR count). The molecule has 6 nitrogen and oxygen atoms in total. The minimum atomic E-state index is -0.586. The van der Waals surface area contributed by atoms with E-state index < -0.39 is 5.60 Å². The molecule has 0 fully saturated rings. The van der Waals surface area contributed by atoms with Gasteiger partial charge in [0, 0.05) is 18.1 Å². The highest BCUT2D eigenvalue weighted by Crippen LogP contribution is 2.32. The van der Waals surface area contributed by atoms with E-state index in [4.69, 9.17) is 26.8 Å². The summed E-state index contributed by atoms with van der Waals surface area (Å²) in [6.45, 7) is 8.12. The lowest BCUT2D eigenvalue weighted by atomic mass is 10.1. The Morgan fingerprint density at radius 1 is 1.14 bits per heavy atom. The highest BCUT2D eigenvalue weighted by molar-refractivity contribution is 6.30. The summed E-state index contributed by atoms with van der Waals surface area (Å²) in [6, 6.07) is 13.1. The third-order valence-corrected chi connectivity index (χ3v) is 4.52. The van der Waals surface area contributed by atoms with Gasteiger partial charge in [-0.3, -0.25) is 4.90 Å². The van der Waals surface area contributed by atoms with Crippen LogP contribution in [0.4, 0.5) is 10.5 Å². The minimum Gasteiger partial charge on any atom is -0.456 e. The number of anilines is 1. The molecule has 1 heterocycles.